The van der Waals surface area contributed by atoms with E-state index >= 15 is 0 Å². The summed E-state index contributed by atoms with van der Waals surface area (Å²) in [6.07, 6.45) is 0.679. The molecule has 1 heterocycles. The molecule has 1 rings (SSSR count). The van der Waals surface area contributed by atoms with E-state index in [1.54, 1.807) is 6.92 Å². The zero-order valence-electron chi connectivity index (χ0n) is 9.73. The van der Waals surface area contributed by atoms with Gasteiger partial charge in [-0.15, -0.1) is 0 Å². The van der Waals surface area contributed by atoms with Crippen LogP contribution in [0.3, 0.4) is 0 Å². The Morgan fingerprint density at radius 1 is 1.38 bits per heavy atom. The lowest BCUT2D eigenvalue weighted by Crippen LogP contribution is -2.26. The molecule has 1 fully saturated rings. The summed E-state index contributed by atoms with van der Waals surface area (Å²) in [6.45, 7) is 4.57. The quantitative estimate of drug-likeness (QED) is 0.501. The van der Waals surface area contributed by atoms with Crippen LogP contribution in [0.1, 0.15) is 26.7 Å². The average molecular weight is 230 g/mol. The molecule has 16 heavy (non-hydrogen) atoms. The zero-order chi connectivity index (χ0) is 12.0. The van der Waals surface area contributed by atoms with Crippen molar-refractivity contribution >= 4 is 11.8 Å². The summed E-state index contributed by atoms with van der Waals surface area (Å²) in [5.74, 6) is -1.31. The Hall–Kier alpha value is -0.940. The lowest BCUT2D eigenvalue weighted by atomic mass is 9.99. The van der Waals surface area contributed by atoms with Crippen molar-refractivity contribution in [2.24, 2.45) is 5.92 Å². The second kappa shape index (κ2) is 6.60. The molecule has 1 aliphatic rings. The minimum absolute atomic E-state index is 0.170. The van der Waals surface area contributed by atoms with E-state index in [1.165, 1.54) is 6.92 Å². The van der Waals surface area contributed by atoms with Crippen LogP contribution in [-0.4, -0.2) is 37.9 Å². The van der Waals surface area contributed by atoms with Crippen LogP contribution < -0.4 is 0 Å². The molecule has 92 valence electrons. The van der Waals surface area contributed by atoms with Gasteiger partial charge >= 0.3 is 5.97 Å². The minimum atomic E-state index is -0.687. The van der Waals surface area contributed by atoms with Crippen LogP contribution in [0.4, 0.5) is 0 Å². The van der Waals surface area contributed by atoms with Gasteiger partial charge in [0.05, 0.1) is 19.8 Å². The molecule has 0 saturated carbocycles. The van der Waals surface area contributed by atoms with Crippen LogP contribution in [-0.2, 0) is 23.8 Å². The van der Waals surface area contributed by atoms with Crippen LogP contribution >= 0.6 is 0 Å². The van der Waals surface area contributed by atoms with Crippen molar-refractivity contribution in [1.82, 2.24) is 0 Å². The maximum absolute atomic E-state index is 11.5. The molecule has 0 spiro atoms. The normalized spacial score (nSPS) is 18.4. The van der Waals surface area contributed by atoms with Gasteiger partial charge in [-0.05, 0) is 26.7 Å². The molecule has 5 nitrogen and oxygen atoms in total. The van der Waals surface area contributed by atoms with Crippen molar-refractivity contribution in [3.05, 3.63) is 0 Å². The molecule has 0 bridgehead atoms. The van der Waals surface area contributed by atoms with Crippen molar-refractivity contribution in [1.29, 1.82) is 0 Å². The minimum Gasteiger partial charge on any atom is -0.465 e. The summed E-state index contributed by atoms with van der Waals surface area (Å²) in [7, 11) is 0. The average Bonchev–Trinajstić information content (AvgIpc) is 2.70. The van der Waals surface area contributed by atoms with E-state index < -0.39 is 11.9 Å². The lowest BCUT2D eigenvalue weighted by molar-refractivity contribution is -0.152. The van der Waals surface area contributed by atoms with Gasteiger partial charge in [-0.25, -0.2) is 0 Å². The highest BCUT2D eigenvalue weighted by Crippen LogP contribution is 2.17. The smallest absolute Gasteiger partial charge is 0.316 e. The molecule has 5 heteroatoms. The van der Waals surface area contributed by atoms with Gasteiger partial charge < -0.3 is 14.2 Å². The summed E-state index contributed by atoms with van der Waals surface area (Å²) in [5, 5.41) is 0. The third-order valence-electron chi connectivity index (χ3n) is 2.44. The fraction of sp³-hybridized carbons (Fsp3) is 0.818. The molecular weight excluding hydrogens is 212 g/mol. The summed E-state index contributed by atoms with van der Waals surface area (Å²) in [4.78, 5) is 22.7. The van der Waals surface area contributed by atoms with E-state index in [4.69, 9.17) is 14.2 Å². The van der Waals surface area contributed by atoms with Gasteiger partial charge in [0.15, 0.2) is 6.29 Å². The Labute approximate surface area is 95.0 Å². The van der Waals surface area contributed by atoms with Gasteiger partial charge in [0, 0.05) is 0 Å². The molecule has 0 N–H and O–H groups in total. The number of rotatable bonds is 6. The van der Waals surface area contributed by atoms with Gasteiger partial charge in [0.1, 0.15) is 11.7 Å². The first-order valence-electron chi connectivity index (χ1n) is 5.55. The first-order valence-corrected chi connectivity index (χ1v) is 5.55. The number of ketones is 1. The van der Waals surface area contributed by atoms with Crippen molar-refractivity contribution in [2.75, 3.05) is 19.8 Å². The molecule has 0 unspecified atom stereocenters. The number of ether oxygens (including phenoxy) is 3. The van der Waals surface area contributed by atoms with Crippen LogP contribution in [0, 0.1) is 5.92 Å². The van der Waals surface area contributed by atoms with Crippen LogP contribution in [0.15, 0.2) is 0 Å². The van der Waals surface area contributed by atoms with Crippen LogP contribution in [0.5, 0.6) is 0 Å². The number of hydrogen-bond donors (Lipinski definition) is 0. The van der Waals surface area contributed by atoms with E-state index in [-0.39, 0.29) is 12.1 Å². The first-order chi connectivity index (χ1) is 7.65. The number of carbonyl (C=O) groups excluding carboxylic acids is 2. The molecule has 0 aliphatic carbocycles. The maximum Gasteiger partial charge on any atom is 0.316 e. The molecule has 0 radical (unpaired) electrons. The predicted molar refractivity (Wildman–Crippen MR) is 55.7 cm³/mol. The van der Waals surface area contributed by atoms with Gasteiger partial charge in [-0.1, -0.05) is 0 Å². The van der Waals surface area contributed by atoms with E-state index in [1.807, 2.05) is 0 Å². The summed E-state index contributed by atoms with van der Waals surface area (Å²) >= 11 is 0. The third-order valence-corrected chi connectivity index (χ3v) is 2.44. The van der Waals surface area contributed by atoms with Crippen LogP contribution in [0.25, 0.3) is 0 Å². The van der Waals surface area contributed by atoms with E-state index in [2.05, 4.69) is 0 Å². The highest BCUT2D eigenvalue weighted by Gasteiger charge is 2.27. The van der Waals surface area contributed by atoms with Gasteiger partial charge in [0.25, 0.3) is 0 Å². The molecular formula is C11H18O5. The summed E-state index contributed by atoms with van der Waals surface area (Å²) in [5.41, 5.74) is 0. The monoisotopic (exact) mass is 230 g/mol. The highest BCUT2D eigenvalue weighted by atomic mass is 16.7. The molecule has 0 aromatic rings. The lowest BCUT2D eigenvalue weighted by Gasteiger charge is -2.14. The molecule has 1 saturated heterocycles. The maximum atomic E-state index is 11.5. The molecule has 0 amide bonds. The Bertz CT molecular complexity index is 245. The largest absolute Gasteiger partial charge is 0.465 e. The molecule has 1 aliphatic heterocycles. The topological polar surface area (TPSA) is 61.8 Å². The molecule has 0 aromatic carbocycles. The predicted octanol–water partition coefficient (Wildman–Crippen LogP) is 0.908. The zero-order valence-corrected chi connectivity index (χ0v) is 9.73. The molecule has 1 atom stereocenters. The fourth-order valence-electron chi connectivity index (χ4n) is 1.61. The fourth-order valence-corrected chi connectivity index (χ4v) is 1.61. The molecule has 0 aromatic heterocycles. The second-order valence-corrected chi connectivity index (χ2v) is 3.66. The summed E-state index contributed by atoms with van der Waals surface area (Å²) in [6, 6.07) is 0. The van der Waals surface area contributed by atoms with E-state index in [0.29, 0.717) is 32.7 Å². The van der Waals surface area contributed by atoms with Gasteiger partial charge in [0.2, 0.25) is 0 Å². The Morgan fingerprint density at radius 3 is 2.50 bits per heavy atom. The van der Waals surface area contributed by atoms with Crippen molar-refractivity contribution in [3.8, 4) is 0 Å². The number of esters is 1. The highest BCUT2D eigenvalue weighted by molar-refractivity contribution is 5.97. The summed E-state index contributed by atoms with van der Waals surface area (Å²) < 4.78 is 15.3. The van der Waals surface area contributed by atoms with Crippen molar-refractivity contribution < 1.29 is 23.8 Å². The number of hydrogen-bond acceptors (Lipinski definition) is 5. The number of Topliss-reactive ketones (excluding diaryl/α,β-unsaturated/α-hetero) is 1. The number of carbonyl (C=O) groups is 2. The second-order valence-electron chi connectivity index (χ2n) is 3.66. The van der Waals surface area contributed by atoms with Gasteiger partial charge in [-0.3, -0.25) is 9.59 Å². The van der Waals surface area contributed by atoms with E-state index in [9.17, 15) is 9.59 Å². The Morgan fingerprint density at radius 2 is 2.00 bits per heavy atom. The standard InChI is InChI=1S/C11H18O5/c1-3-14-11(13)9(8(2)12)4-5-10-15-6-7-16-10/h9-10H,3-7H2,1-2H3/t9-/m0/s1. The Balaban J connectivity index is 2.38. The van der Waals surface area contributed by atoms with Gasteiger partial charge in [-0.2, -0.15) is 0 Å². The van der Waals surface area contributed by atoms with Crippen molar-refractivity contribution in [3.63, 3.8) is 0 Å². The van der Waals surface area contributed by atoms with Crippen LogP contribution in [0.2, 0.25) is 0 Å². The third kappa shape index (κ3) is 3.90. The Kier molecular flexibility index (Phi) is 5.42. The van der Waals surface area contributed by atoms with E-state index in [0.717, 1.165) is 0 Å². The first kappa shape index (κ1) is 13.1. The SMILES string of the molecule is CCOC(=O)[C@@H](CCC1OCCO1)C(C)=O. The van der Waals surface area contributed by atoms with Crippen molar-refractivity contribution in [2.45, 2.75) is 33.0 Å².